The standard InChI is InChI=1S/C11H13BrN4O2/c1-6-4-10(15-18-6)14-11(17)8(3)16-7(2)9(12)5-13-16/h4-5,8H,1-3H3,(H,14,15,17)/t8-/m0/s1. The van der Waals surface area contributed by atoms with Crippen molar-refractivity contribution in [1.82, 2.24) is 14.9 Å². The van der Waals surface area contributed by atoms with Crippen molar-refractivity contribution in [2.75, 3.05) is 5.32 Å². The van der Waals surface area contributed by atoms with E-state index in [1.807, 2.05) is 6.92 Å². The van der Waals surface area contributed by atoms with Crippen LogP contribution in [0.5, 0.6) is 0 Å². The zero-order valence-electron chi connectivity index (χ0n) is 10.3. The fourth-order valence-corrected chi connectivity index (χ4v) is 1.83. The summed E-state index contributed by atoms with van der Waals surface area (Å²) in [6.45, 7) is 5.43. The van der Waals surface area contributed by atoms with Crippen molar-refractivity contribution in [3.05, 3.63) is 28.2 Å². The van der Waals surface area contributed by atoms with Gasteiger partial charge in [-0.25, -0.2) is 0 Å². The molecule has 0 aliphatic heterocycles. The molecule has 0 spiro atoms. The van der Waals surface area contributed by atoms with Gasteiger partial charge in [-0.3, -0.25) is 9.48 Å². The molecule has 1 amide bonds. The fourth-order valence-electron chi connectivity index (χ4n) is 1.56. The molecule has 0 aromatic carbocycles. The molecular weight excluding hydrogens is 300 g/mol. The third-order valence-corrected chi connectivity index (χ3v) is 3.39. The lowest BCUT2D eigenvalue weighted by molar-refractivity contribution is -0.119. The van der Waals surface area contributed by atoms with Gasteiger partial charge in [0.2, 0.25) is 5.91 Å². The lowest BCUT2D eigenvalue weighted by Crippen LogP contribution is -2.25. The SMILES string of the molecule is Cc1cc(NC(=O)[C@H](C)n2ncc(Br)c2C)no1. The van der Waals surface area contributed by atoms with E-state index in [4.69, 9.17) is 4.52 Å². The number of nitrogens with zero attached hydrogens (tertiary/aromatic N) is 3. The van der Waals surface area contributed by atoms with E-state index in [0.717, 1.165) is 10.2 Å². The van der Waals surface area contributed by atoms with Crippen LogP contribution in [0, 0.1) is 13.8 Å². The quantitative estimate of drug-likeness (QED) is 0.944. The number of rotatable bonds is 3. The Bertz CT molecular complexity index is 575. The predicted octanol–water partition coefficient (Wildman–Crippen LogP) is 2.45. The molecule has 18 heavy (non-hydrogen) atoms. The van der Waals surface area contributed by atoms with Crippen LogP contribution in [0.3, 0.4) is 0 Å². The summed E-state index contributed by atoms with van der Waals surface area (Å²) in [6, 6.07) is 1.24. The Labute approximate surface area is 112 Å². The van der Waals surface area contributed by atoms with Gasteiger partial charge in [-0.05, 0) is 36.7 Å². The first-order valence-corrected chi connectivity index (χ1v) is 6.22. The van der Waals surface area contributed by atoms with Gasteiger partial charge in [0, 0.05) is 6.07 Å². The van der Waals surface area contributed by atoms with Crippen LogP contribution < -0.4 is 5.32 Å². The summed E-state index contributed by atoms with van der Waals surface area (Å²) in [5, 5.41) is 10.5. The third-order valence-electron chi connectivity index (χ3n) is 2.61. The molecule has 2 heterocycles. The monoisotopic (exact) mass is 312 g/mol. The van der Waals surface area contributed by atoms with Gasteiger partial charge in [-0.2, -0.15) is 5.10 Å². The number of carbonyl (C=O) groups is 1. The number of anilines is 1. The smallest absolute Gasteiger partial charge is 0.250 e. The van der Waals surface area contributed by atoms with E-state index in [2.05, 4.69) is 31.5 Å². The van der Waals surface area contributed by atoms with E-state index in [9.17, 15) is 4.79 Å². The zero-order valence-corrected chi connectivity index (χ0v) is 11.9. The molecule has 2 rings (SSSR count). The van der Waals surface area contributed by atoms with Crippen molar-refractivity contribution in [1.29, 1.82) is 0 Å². The van der Waals surface area contributed by atoms with Crippen molar-refractivity contribution in [2.45, 2.75) is 26.8 Å². The summed E-state index contributed by atoms with van der Waals surface area (Å²) in [5.74, 6) is 0.867. The van der Waals surface area contributed by atoms with Gasteiger partial charge in [0.25, 0.3) is 0 Å². The van der Waals surface area contributed by atoms with Crippen molar-refractivity contribution in [3.63, 3.8) is 0 Å². The minimum atomic E-state index is -0.423. The van der Waals surface area contributed by atoms with Crippen LogP contribution in [-0.4, -0.2) is 20.8 Å². The molecule has 0 bridgehead atoms. The number of aryl methyl sites for hydroxylation is 1. The maximum atomic E-state index is 12.0. The number of aromatic nitrogens is 3. The first-order valence-electron chi connectivity index (χ1n) is 5.43. The van der Waals surface area contributed by atoms with E-state index >= 15 is 0 Å². The number of hydrogen-bond donors (Lipinski definition) is 1. The summed E-state index contributed by atoms with van der Waals surface area (Å²) in [5.41, 5.74) is 0.897. The lowest BCUT2D eigenvalue weighted by atomic mass is 10.3. The largest absolute Gasteiger partial charge is 0.360 e. The average molecular weight is 313 g/mol. The second kappa shape index (κ2) is 4.93. The van der Waals surface area contributed by atoms with Crippen LogP contribution in [0.25, 0.3) is 0 Å². The normalized spacial score (nSPS) is 12.4. The second-order valence-electron chi connectivity index (χ2n) is 4.01. The molecule has 0 aliphatic rings. The molecule has 0 saturated heterocycles. The molecule has 1 N–H and O–H groups in total. The van der Waals surface area contributed by atoms with E-state index < -0.39 is 6.04 Å². The van der Waals surface area contributed by atoms with Crippen LogP contribution >= 0.6 is 15.9 Å². The van der Waals surface area contributed by atoms with Gasteiger partial charge in [0.15, 0.2) is 5.82 Å². The molecule has 0 saturated carbocycles. The summed E-state index contributed by atoms with van der Waals surface area (Å²) < 4.78 is 7.40. The predicted molar refractivity (Wildman–Crippen MR) is 69.2 cm³/mol. The summed E-state index contributed by atoms with van der Waals surface area (Å²) >= 11 is 3.36. The van der Waals surface area contributed by atoms with E-state index in [-0.39, 0.29) is 5.91 Å². The van der Waals surface area contributed by atoms with Crippen molar-refractivity contribution in [2.24, 2.45) is 0 Å². The van der Waals surface area contributed by atoms with Crippen LogP contribution in [0.2, 0.25) is 0 Å². The third kappa shape index (κ3) is 2.45. The highest BCUT2D eigenvalue weighted by atomic mass is 79.9. The number of nitrogens with one attached hydrogen (secondary N) is 1. The van der Waals surface area contributed by atoms with Crippen LogP contribution in [0.1, 0.15) is 24.4 Å². The highest BCUT2D eigenvalue weighted by molar-refractivity contribution is 9.10. The Hall–Kier alpha value is -1.63. The molecule has 0 aliphatic carbocycles. The topological polar surface area (TPSA) is 73.0 Å². The number of carbonyl (C=O) groups excluding carboxylic acids is 1. The van der Waals surface area contributed by atoms with Crippen molar-refractivity contribution >= 4 is 27.7 Å². The van der Waals surface area contributed by atoms with E-state index in [1.54, 1.807) is 30.8 Å². The van der Waals surface area contributed by atoms with Gasteiger partial charge < -0.3 is 9.84 Å². The van der Waals surface area contributed by atoms with Gasteiger partial charge in [0.1, 0.15) is 11.8 Å². The summed E-state index contributed by atoms with van der Waals surface area (Å²) in [4.78, 5) is 12.0. The van der Waals surface area contributed by atoms with Crippen LogP contribution in [0.4, 0.5) is 5.82 Å². The van der Waals surface area contributed by atoms with Gasteiger partial charge in [0.05, 0.1) is 16.4 Å². The number of amides is 1. The highest BCUT2D eigenvalue weighted by Gasteiger charge is 2.19. The highest BCUT2D eigenvalue weighted by Crippen LogP contribution is 2.19. The average Bonchev–Trinajstić information content (AvgIpc) is 2.87. The molecule has 1 atom stereocenters. The molecule has 6 nitrogen and oxygen atoms in total. The molecule has 0 radical (unpaired) electrons. The summed E-state index contributed by atoms with van der Waals surface area (Å²) in [6.07, 6.45) is 1.67. The Balaban J connectivity index is 2.12. The number of hydrogen-bond acceptors (Lipinski definition) is 4. The Morgan fingerprint density at radius 3 is 2.78 bits per heavy atom. The maximum Gasteiger partial charge on any atom is 0.250 e. The zero-order chi connectivity index (χ0) is 13.3. The van der Waals surface area contributed by atoms with Gasteiger partial charge in [-0.1, -0.05) is 5.16 Å². The van der Waals surface area contributed by atoms with E-state index in [0.29, 0.717) is 11.6 Å². The molecular formula is C11H13BrN4O2. The maximum absolute atomic E-state index is 12.0. The molecule has 2 aromatic heterocycles. The molecule has 0 fully saturated rings. The molecule has 2 aromatic rings. The Morgan fingerprint density at radius 2 is 2.28 bits per heavy atom. The molecule has 7 heteroatoms. The molecule has 0 unspecified atom stereocenters. The fraction of sp³-hybridized carbons (Fsp3) is 0.364. The Kier molecular flexibility index (Phi) is 3.51. The minimum Gasteiger partial charge on any atom is -0.360 e. The van der Waals surface area contributed by atoms with Crippen molar-refractivity contribution < 1.29 is 9.32 Å². The number of halogens is 1. The second-order valence-corrected chi connectivity index (χ2v) is 4.86. The van der Waals surface area contributed by atoms with Crippen LogP contribution in [-0.2, 0) is 4.79 Å². The first-order chi connectivity index (χ1) is 8.49. The lowest BCUT2D eigenvalue weighted by Gasteiger charge is -2.13. The summed E-state index contributed by atoms with van der Waals surface area (Å²) in [7, 11) is 0. The van der Waals surface area contributed by atoms with Crippen molar-refractivity contribution in [3.8, 4) is 0 Å². The first kappa shape index (κ1) is 12.8. The Morgan fingerprint density at radius 1 is 1.56 bits per heavy atom. The van der Waals surface area contributed by atoms with Gasteiger partial charge >= 0.3 is 0 Å². The van der Waals surface area contributed by atoms with Gasteiger partial charge in [-0.15, -0.1) is 0 Å². The van der Waals surface area contributed by atoms with Crippen LogP contribution in [0.15, 0.2) is 21.3 Å². The van der Waals surface area contributed by atoms with E-state index in [1.165, 1.54) is 0 Å². The molecule has 96 valence electrons. The minimum absolute atomic E-state index is 0.193.